The van der Waals surface area contributed by atoms with Crippen LogP contribution in [0.2, 0.25) is 0 Å². The van der Waals surface area contributed by atoms with E-state index in [1.165, 1.54) is 0 Å². The van der Waals surface area contributed by atoms with Gasteiger partial charge in [0.15, 0.2) is 0 Å². The van der Waals surface area contributed by atoms with Crippen LogP contribution in [-0.2, 0) is 0 Å². The van der Waals surface area contributed by atoms with Crippen molar-refractivity contribution in [2.24, 2.45) is 0 Å². The summed E-state index contributed by atoms with van der Waals surface area (Å²) in [6.07, 6.45) is 1.69. The van der Waals surface area contributed by atoms with Gasteiger partial charge in [-0.1, -0.05) is 12.1 Å². The van der Waals surface area contributed by atoms with E-state index in [1.54, 1.807) is 13.1 Å². The van der Waals surface area contributed by atoms with Crippen molar-refractivity contribution in [2.75, 3.05) is 5.73 Å². The lowest BCUT2D eigenvalue weighted by molar-refractivity contribution is 1.06. The number of aromatic amines is 1. The first kappa shape index (κ1) is 9.77. The average Bonchev–Trinajstić information content (AvgIpc) is 2.72. The first-order valence-electron chi connectivity index (χ1n) is 5.28. The van der Waals surface area contributed by atoms with Crippen molar-refractivity contribution in [3.05, 3.63) is 36.3 Å². The van der Waals surface area contributed by atoms with Crippen LogP contribution >= 0.6 is 0 Å². The molecule has 0 aliphatic rings. The van der Waals surface area contributed by atoms with E-state index in [2.05, 4.69) is 19.9 Å². The van der Waals surface area contributed by atoms with Gasteiger partial charge in [0.2, 0.25) is 0 Å². The smallest absolute Gasteiger partial charge is 0.143 e. The highest BCUT2D eigenvalue weighted by Crippen LogP contribution is 2.23. The monoisotopic (exact) mass is 225 g/mol. The molecule has 0 fully saturated rings. The molecule has 0 spiro atoms. The number of nitrogens with one attached hydrogen (secondary N) is 1. The molecule has 84 valence electrons. The second-order valence-electron chi connectivity index (χ2n) is 3.82. The summed E-state index contributed by atoms with van der Waals surface area (Å²) in [6, 6.07) is 7.82. The Balaban J connectivity index is 2.20. The van der Waals surface area contributed by atoms with Crippen molar-refractivity contribution in [3.8, 4) is 11.4 Å². The Hall–Kier alpha value is -2.43. The van der Waals surface area contributed by atoms with Crippen molar-refractivity contribution in [1.82, 2.24) is 19.9 Å². The van der Waals surface area contributed by atoms with E-state index >= 15 is 0 Å². The molecule has 3 aromatic rings. The lowest BCUT2D eigenvalue weighted by Crippen LogP contribution is -1.98. The number of nitrogens with zero attached hydrogens (tertiary/aromatic N) is 3. The highest BCUT2D eigenvalue weighted by atomic mass is 15.0. The predicted octanol–water partition coefficient (Wildman–Crippen LogP) is 1.91. The van der Waals surface area contributed by atoms with Crippen molar-refractivity contribution in [2.45, 2.75) is 6.92 Å². The van der Waals surface area contributed by atoms with Gasteiger partial charge < -0.3 is 10.7 Å². The third-order valence-corrected chi connectivity index (χ3v) is 2.58. The minimum absolute atomic E-state index is 0.441. The van der Waals surface area contributed by atoms with Gasteiger partial charge in [0.1, 0.15) is 17.5 Å². The van der Waals surface area contributed by atoms with Gasteiger partial charge in [-0.05, 0) is 19.1 Å². The summed E-state index contributed by atoms with van der Waals surface area (Å²) in [5.41, 5.74) is 8.47. The second-order valence-corrected chi connectivity index (χ2v) is 3.82. The third kappa shape index (κ3) is 1.61. The molecular weight excluding hydrogens is 214 g/mol. The molecule has 0 atom stereocenters. The number of hydrogen-bond acceptors (Lipinski definition) is 4. The number of hydrogen-bond donors (Lipinski definition) is 2. The topological polar surface area (TPSA) is 80.5 Å². The number of fused-ring (bicyclic) bond motifs is 1. The highest BCUT2D eigenvalue weighted by Gasteiger charge is 2.09. The number of para-hydroxylation sites is 2. The molecule has 0 bridgehead atoms. The molecule has 3 N–H and O–H groups in total. The molecule has 0 saturated carbocycles. The summed E-state index contributed by atoms with van der Waals surface area (Å²) in [5, 5.41) is 0. The second kappa shape index (κ2) is 3.55. The Kier molecular flexibility index (Phi) is 2.04. The minimum Gasteiger partial charge on any atom is -0.383 e. The van der Waals surface area contributed by atoms with Gasteiger partial charge in [-0.3, -0.25) is 0 Å². The van der Waals surface area contributed by atoms with E-state index in [9.17, 15) is 0 Å². The number of rotatable bonds is 1. The number of nitrogen functional groups attached to an aromatic ring is 1. The lowest BCUT2D eigenvalue weighted by Gasteiger charge is -2.00. The van der Waals surface area contributed by atoms with Crippen molar-refractivity contribution < 1.29 is 0 Å². The molecule has 0 aliphatic carbocycles. The fraction of sp³-hybridized carbons (Fsp3) is 0.0833. The van der Waals surface area contributed by atoms with E-state index in [0.717, 1.165) is 16.6 Å². The molecule has 3 rings (SSSR count). The summed E-state index contributed by atoms with van der Waals surface area (Å²) in [5.74, 6) is 1.79. The molecule has 2 aromatic heterocycles. The quantitative estimate of drug-likeness (QED) is 0.663. The Morgan fingerprint density at radius 3 is 2.76 bits per heavy atom. The van der Waals surface area contributed by atoms with Crippen LogP contribution in [-0.4, -0.2) is 19.9 Å². The maximum atomic E-state index is 5.86. The molecule has 17 heavy (non-hydrogen) atoms. The molecular formula is C12H11N5. The molecule has 0 aliphatic heterocycles. The Morgan fingerprint density at radius 1 is 1.18 bits per heavy atom. The van der Waals surface area contributed by atoms with Gasteiger partial charge >= 0.3 is 0 Å². The molecule has 5 heteroatoms. The van der Waals surface area contributed by atoms with Gasteiger partial charge in [-0.2, -0.15) is 0 Å². The van der Waals surface area contributed by atoms with Crippen LogP contribution in [0.1, 0.15) is 5.82 Å². The Bertz CT molecular complexity index is 653. The van der Waals surface area contributed by atoms with E-state index in [-0.39, 0.29) is 0 Å². The van der Waals surface area contributed by atoms with Crippen LogP contribution in [0.15, 0.2) is 30.5 Å². The first-order valence-corrected chi connectivity index (χ1v) is 5.28. The standard InChI is InChI=1S/C12H11N5/c1-7-14-6-8(11(13)15-7)12-16-9-4-2-3-5-10(9)17-12/h2-6H,1H3,(H,16,17)(H2,13,14,15). The first-order chi connectivity index (χ1) is 8.24. The fourth-order valence-electron chi connectivity index (χ4n) is 1.75. The van der Waals surface area contributed by atoms with E-state index in [4.69, 9.17) is 5.73 Å². The van der Waals surface area contributed by atoms with Crippen LogP contribution in [0.25, 0.3) is 22.4 Å². The normalized spacial score (nSPS) is 10.9. The van der Waals surface area contributed by atoms with Crippen LogP contribution in [0, 0.1) is 6.92 Å². The predicted molar refractivity (Wildman–Crippen MR) is 66.3 cm³/mol. The van der Waals surface area contributed by atoms with Crippen molar-refractivity contribution >= 4 is 16.9 Å². The van der Waals surface area contributed by atoms with E-state index < -0.39 is 0 Å². The van der Waals surface area contributed by atoms with Gasteiger partial charge in [-0.15, -0.1) is 0 Å². The Morgan fingerprint density at radius 2 is 2.00 bits per heavy atom. The number of benzene rings is 1. The number of nitrogens with two attached hydrogens (primary N) is 1. The third-order valence-electron chi connectivity index (χ3n) is 2.58. The molecule has 1 aromatic carbocycles. The summed E-state index contributed by atoms with van der Waals surface area (Å²) in [4.78, 5) is 15.9. The van der Waals surface area contributed by atoms with Crippen LogP contribution in [0.5, 0.6) is 0 Å². The van der Waals surface area contributed by atoms with Crippen LogP contribution in [0.3, 0.4) is 0 Å². The minimum atomic E-state index is 0.441. The van der Waals surface area contributed by atoms with Crippen LogP contribution < -0.4 is 5.73 Å². The van der Waals surface area contributed by atoms with Gasteiger partial charge in [0, 0.05) is 6.20 Å². The number of aryl methyl sites for hydroxylation is 1. The average molecular weight is 225 g/mol. The van der Waals surface area contributed by atoms with Crippen LogP contribution in [0.4, 0.5) is 5.82 Å². The summed E-state index contributed by atoms with van der Waals surface area (Å²) in [6.45, 7) is 1.80. The van der Waals surface area contributed by atoms with Gasteiger partial charge in [0.25, 0.3) is 0 Å². The summed E-state index contributed by atoms with van der Waals surface area (Å²) >= 11 is 0. The summed E-state index contributed by atoms with van der Waals surface area (Å²) in [7, 11) is 0. The lowest BCUT2D eigenvalue weighted by atomic mass is 10.3. The largest absolute Gasteiger partial charge is 0.383 e. The van der Waals surface area contributed by atoms with Gasteiger partial charge in [0.05, 0.1) is 16.6 Å². The fourth-order valence-corrected chi connectivity index (χ4v) is 1.75. The van der Waals surface area contributed by atoms with E-state index in [0.29, 0.717) is 17.5 Å². The molecule has 0 unspecified atom stereocenters. The van der Waals surface area contributed by atoms with Gasteiger partial charge in [-0.25, -0.2) is 15.0 Å². The SMILES string of the molecule is Cc1ncc(-c2nc3ccccc3[nH]2)c(N)n1. The molecule has 0 amide bonds. The number of imidazole rings is 1. The number of anilines is 1. The van der Waals surface area contributed by atoms with E-state index in [1.807, 2.05) is 24.3 Å². The molecule has 0 saturated heterocycles. The molecule has 5 nitrogen and oxygen atoms in total. The maximum absolute atomic E-state index is 5.86. The zero-order chi connectivity index (χ0) is 11.8. The zero-order valence-electron chi connectivity index (χ0n) is 9.31. The summed E-state index contributed by atoms with van der Waals surface area (Å²) < 4.78 is 0. The Labute approximate surface area is 97.7 Å². The maximum Gasteiger partial charge on any atom is 0.143 e. The molecule has 2 heterocycles. The zero-order valence-corrected chi connectivity index (χ0v) is 9.31. The molecule has 0 radical (unpaired) electrons. The highest BCUT2D eigenvalue weighted by molar-refractivity contribution is 5.81. The van der Waals surface area contributed by atoms with Crippen molar-refractivity contribution in [1.29, 1.82) is 0 Å². The number of H-pyrrole nitrogens is 1. The van der Waals surface area contributed by atoms with Crippen molar-refractivity contribution in [3.63, 3.8) is 0 Å². The number of aromatic nitrogens is 4.